The molecule has 2 amide bonds. The van der Waals surface area contributed by atoms with E-state index in [4.69, 9.17) is 0 Å². The molecule has 0 unspecified atom stereocenters. The number of amides is 2. The number of rotatable bonds is 7. The molecular formula is C17H23N5O3S. The number of nitrogens with one attached hydrogen (secondary N) is 3. The molecule has 2 rings (SSSR count). The first-order chi connectivity index (χ1) is 12.4. The highest BCUT2D eigenvalue weighted by molar-refractivity contribution is 7.89. The summed E-state index contributed by atoms with van der Waals surface area (Å²) in [6.45, 7) is 6.29. The molecular weight excluding hydrogens is 354 g/mol. The molecule has 0 saturated heterocycles. The molecule has 0 aliphatic heterocycles. The monoisotopic (exact) mass is 377 g/mol. The number of hydrazine groups is 1. The smallest absolute Gasteiger partial charge is 0.307 e. The summed E-state index contributed by atoms with van der Waals surface area (Å²) in [6.07, 6.45) is 1.26. The number of aryl methyl sites for hydroxylation is 1. The van der Waals surface area contributed by atoms with Gasteiger partial charge in [-0.25, -0.2) is 18.2 Å². The van der Waals surface area contributed by atoms with Gasteiger partial charge in [-0.05, 0) is 31.2 Å². The fourth-order valence-electron chi connectivity index (χ4n) is 2.24. The van der Waals surface area contributed by atoms with Crippen LogP contribution in [0, 0.1) is 6.92 Å². The highest BCUT2D eigenvalue weighted by atomic mass is 32.2. The van der Waals surface area contributed by atoms with E-state index in [-0.39, 0.29) is 4.90 Å². The molecule has 1 aromatic heterocycles. The zero-order valence-corrected chi connectivity index (χ0v) is 15.8. The van der Waals surface area contributed by atoms with Gasteiger partial charge in [0.15, 0.2) is 0 Å². The molecule has 0 spiro atoms. The molecule has 2 aromatic rings. The summed E-state index contributed by atoms with van der Waals surface area (Å²) in [7, 11) is -3.55. The Morgan fingerprint density at radius 3 is 2.27 bits per heavy atom. The minimum atomic E-state index is -3.55. The van der Waals surface area contributed by atoms with Crippen LogP contribution in [0.2, 0.25) is 0 Å². The average molecular weight is 377 g/mol. The summed E-state index contributed by atoms with van der Waals surface area (Å²) >= 11 is 0. The Bertz CT molecular complexity index is 832. The summed E-state index contributed by atoms with van der Waals surface area (Å²) in [4.78, 5) is 16.0. The first-order valence-electron chi connectivity index (χ1n) is 8.22. The third-order valence-electron chi connectivity index (χ3n) is 3.69. The van der Waals surface area contributed by atoms with Gasteiger partial charge in [-0.3, -0.25) is 10.9 Å². The molecule has 0 fully saturated rings. The number of sulfonamides is 1. The summed E-state index contributed by atoms with van der Waals surface area (Å²) in [5.74, 6) is 0.322. The van der Waals surface area contributed by atoms with Crippen molar-refractivity contribution in [3.63, 3.8) is 0 Å². The number of aromatic nitrogens is 1. The van der Waals surface area contributed by atoms with Crippen LogP contribution >= 0.6 is 0 Å². The second kappa shape index (κ2) is 8.63. The Morgan fingerprint density at radius 2 is 1.73 bits per heavy atom. The van der Waals surface area contributed by atoms with Crippen molar-refractivity contribution in [1.29, 1.82) is 0 Å². The second-order valence-electron chi connectivity index (χ2n) is 5.54. The van der Waals surface area contributed by atoms with Crippen molar-refractivity contribution >= 4 is 27.6 Å². The van der Waals surface area contributed by atoms with Gasteiger partial charge < -0.3 is 5.32 Å². The summed E-state index contributed by atoms with van der Waals surface area (Å²) in [5, 5.41) is 2.66. The van der Waals surface area contributed by atoms with Gasteiger partial charge in [0.2, 0.25) is 10.0 Å². The number of carbonyl (C=O) groups is 1. The number of urea groups is 1. The Hall–Kier alpha value is -2.65. The standard InChI is InChI=1S/C17H23N5O3S/c1-4-22(5-2)26(24,25)15-10-11-16(18-12-15)20-21-17(23)19-14-8-6-13(3)7-9-14/h6-12H,4-5H2,1-3H3,(H,18,20)(H2,19,21,23). The van der Waals surface area contributed by atoms with Crippen molar-refractivity contribution < 1.29 is 13.2 Å². The maximum atomic E-state index is 12.4. The van der Waals surface area contributed by atoms with Crippen molar-refractivity contribution in [3.8, 4) is 0 Å². The van der Waals surface area contributed by atoms with Crippen LogP contribution in [0.1, 0.15) is 19.4 Å². The van der Waals surface area contributed by atoms with Crippen molar-refractivity contribution in [3.05, 3.63) is 48.2 Å². The fraction of sp³-hybridized carbons (Fsp3) is 0.294. The van der Waals surface area contributed by atoms with Gasteiger partial charge >= 0.3 is 6.03 Å². The zero-order chi connectivity index (χ0) is 19.2. The zero-order valence-electron chi connectivity index (χ0n) is 15.0. The normalized spacial score (nSPS) is 11.2. The fourth-order valence-corrected chi connectivity index (χ4v) is 3.64. The maximum absolute atomic E-state index is 12.4. The largest absolute Gasteiger partial charge is 0.337 e. The highest BCUT2D eigenvalue weighted by Gasteiger charge is 2.21. The highest BCUT2D eigenvalue weighted by Crippen LogP contribution is 2.15. The number of anilines is 2. The van der Waals surface area contributed by atoms with E-state index >= 15 is 0 Å². The van der Waals surface area contributed by atoms with Gasteiger partial charge in [0.25, 0.3) is 0 Å². The number of nitrogens with zero attached hydrogens (tertiary/aromatic N) is 2. The van der Waals surface area contributed by atoms with Crippen molar-refractivity contribution in [2.75, 3.05) is 23.8 Å². The second-order valence-corrected chi connectivity index (χ2v) is 7.48. The average Bonchev–Trinajstić information content (AvgIpc) is 2.63. The van der Waals surface area contributed by atoms with Gasteiger partial charge in [-0.2, -0.15) is 4.31 Å². The molecule has 0 atom stereocenters. The third kappa shape index (κ3) is 4.93. The number of hydrogen-bond acceptors (Lipinski definition) is 5. The summed E-state index contributed by atoms with van der Waals surface area (Å²) < 4.78 is 26.1. The SMILES string of the molecule is CCN(CC)S(=O)(=O)c1ccc(NNC(=O)Nc2ccc(C)cc2)nc1. The van der Waals surface area contributed by atoms with E-state index in [1.807, 2.05) is 19.1 Å². The number of pyridine rings is 1. The van der Waals surface area contributed by atoms with Gasteiger partial charge in [-0.15, -0.1) is 0 Å². The molecule has 0 aliphatic rings. The lowest BCUT2D eigenvalue weighted by Crippen LogP contribution is -2.34. The summed E-state index contributed by atoms with van der Waals surface area (Å²) in [6, 6.07) is 9.83. The van der Waals surface area contributed by atoms with Crippen molar-refractivity contribution in [2.24, 2.45) is 0 Å². The molecule has 0 saturated carbocycles. The minimum Gasteiger partial charge on any atom is -0.307 e. The van der Waals surface area contributed by atoms with Gasteiger partial charge in [-0.1, -0.05) is 31.5 Å². The van der Waals surface area contributed by atoms with Crippen LogP contribution in [-0.4, -0.2) is 36.8 Å². The lowest BCUT2D eigenvalue weighted by molar-refractivity contribution is 0.254. The van der Waals surface area contributed by atoms with E-state index in [9.17, 15) is 13.2 Å². The molecule has 0 bridgehead atoms. The number of benzene rings is 1. The van der Waals surface area contributed by atoms with Crippen LogP contribution < -0.4 is 16.2 Å². The number of carbonyl (C=O) groups excluding carboxylic acids is 1. The van der Waals surface area contributed by atoms with Crippen LogP contribution in [-0.2, 0) is 10.0 Å². The summed E-state index contributed by atoms with van der Waals surface area (Å²) in [5.41, 5.74) is 6.82. The quantitative estimate of drug-likeness (QED) is 0.644. The van der Waals surface area contributed by atoms with E-state index in [0.29, 0.717) is 24.6 Å². The molecule has 0 aliphatic carbocycles. The molecule has 26 heavy (non-hydrogen) atoms. The lowest BCUT2D eigenvalue weighted by atomic mass is 10.2. The molecule has 1 aromatic carbocycles. The third-order valence-corrected chi connectivity index (χ3v) is 5.73. The lowest BCUT2D eigenvalue weighted by Gasteiger charge is -2.18. The Morgan fingerprint density at radius 1 is 1.08 bits per heavy atom. The van der Waals surface area contributed by atoms with E-state index in [2.05, 4.69) is 21.2 Å². The van der Waals surface area contributed by atoms with E-state index in [0.717, 1.165) is 5.56 Å². The Kier molecular flexibility index (Phi) is 6.53. The van der Waals surface area contributed by atoms with Crippen LogP contribution in [0.4, 0.5) is 16.3 Å². The van der Waals surface area contributed by atoms with Gasteiger partial charge in [0.1, 0.15) is 10.7 Å². The first-order valence-corrected chi connectivity index (χ1v) is 9.66. The molecule has 8 nitrogen and oxygen atoms in total. The topological polar surface area (TPSA) is 103 Å². The van der Waals surface area contributed by atoms with Gasteiger partial charge in [0, 0.05) is 25.0 Å². The van der Waals surface area contributed by atoms with Crippen LogP contribution in [0.5, 0.6) is 0 Å². The molecule has 9 heteroatoms. The molecule has 0 radical (unpaired) electrons. The predicted molar refractivity (Wildman–Crippen MR) is 101 cm³/mol. The Labute approximate surface area is 153 Å². The first kappa shape index (κ1) is 19.7. The van der Waals surface area contributed by atoms with E-state index in [1.54, 1.807) is 26.0 Å². The van der Waals surface area contributed by atoms with E-state index < -0.39 is 16.1 Å². The van der Waals surface area contributed by atoms with Crippen molar-refractivity contribution in [1.82, 2.24) is 14.7 Å². The molecule has 1 heterocycles. The maximum Gasteiger partial charge on any atom is 0.337 e. The van der Waals surface area contributed by atoms with Crippen molar-refractivity contribution in [2.45, 2.75) is 25.7 Å². The molecule has 140 valence electrons. The minimum absolute atomic E-state index is 0.107. The van der Waals surface area contributed by atoms with Crippen LogP contribution in [0.3, 0.4) is 0 Å². The van der Waals surface area contributed by atoms with Crippen LogP contribution in [0.15, 0.2) is 47.5 Å². The number of hydrogen-bond donors (Lipinski definition) is 3. The Balaban J connectivity index is 1.94. The molecule has 3 N–H and O–H groups in total. The predicted octanol–water partition coefficient (Wildman–Crippen LogP) is 2.57. The van der Waals surface area contributed by atoms with Gasteiger partial charge in [0.05, 0.1) is 0 Å². The van der Waals surface area contributed by atoms with E-state index in [1.165, 1.54) is 22.6 Å². The van der Waals surface area contributed by atoms with Crippen LogP contribution in [0.25, 0.3) is 0 Å².